The molecule has 0 fully saturated rings. The topological polar surface area (TPSA) is 61.4 Å². The van der Waals surface area contributed by atoms with Crippen LogP contribution in [0.25, 0.3) is 0 Å². The maximum atomic E-state index is 11.7. The molecule has 0 amide bonds. The van der Waals surface area contributed by atoms with Crippen molar-refractivity contribution in [1.82, 2.24) is 14.3 Å². The summed E-state index contributed by atoms with van der Waals surface area (Å²) in [5.74, 6) is 0. The molecule has 0 aliphatic rings. The van der Waals surface area contributed by atoms with Crippen molar-refractivity contribution >= 4 is 22.6 Å². The first-order chi connectivity index (χ1) is 6.81. The molecule has 0 aromatic carbocycles. The molecule has 0 radical (unpaired) electrons. The average Bonchev–Trinajstić information content (AvgIpc) is 2.14. The lowest BCUT2D eigenvalue weighted by atomic mass is 10.3. The second-order valence-corrected chi connectivity index (χ2v) is 5.74. The minimum absolute atomic E-state index is 0. The van der Waals surface area contributed by atoms with Gasteiger partial charge in [-0.1, -0.05) is 6.92 Å². The monoisotopic (exact) mass is 273 g/mol. The molecule has 0 saturated heterocycles. The van der Waals surface area contributed by atoms with Crippen LogP contribution in [0.2, 0.25) is 0 Å². The summed E-state index contributed by atoms with van der Waals surface area (Å²) in [6.45, 7) is 8.86. The molecule has 0 heterocycles. The molecule has 0 bridgehead atoms. The molecule has 7 heteroatoms. The summed E-state index contributed by atoms with van der Waals surface area (Å²) >= 11 is 0. The molecule has 0 unspecified atom stereocenters. The third-order valence-electron chi connectivity index (χ3n) is 2.23. The van der Waals surface area contributed by atoms with E-state index in [1.54, 1.807) is 7.05 Å². The summed E-state index contributed by atoms with van der Waals surface area (Å²) in [6.07, 6.45) is 0. The second-order valence-electron chi connectivity index (χ2n) is 3.92. The number of rotatable bonds is 7. The van der Waals surface area contributed by atoms with Crippen LogP contribution in [0.3, 0.4) is 0 Å². The van der Waals surface area contributed by atoms with Crippen molar-refractivity contribution in [3.8, 4) is 0 Å². The zero-order valence-electron chi connectivity index (χ0n) is 10.6. The smallest absolute Gasteiger partial charge is 0.279 e. The van der Waals surface area contributed by atoms with Crippen molar-refractivity contribution in [2.24, 2.45) is 0 Å². The number of halogens is 1. The molecular formula is C9H24ClN3O2S. The molecule has 0 aromatic heterocycles. The number of hydrogen-bond donors (Lipinski definition) is 2. The molecule has 2 N–H and O–H groups in total. The Morgan fingerprint density at radius 3 is 2.12 bits per heavy atom. The van der Waals surface area contributed by atoms with Gasteiger partial charge in [-0.3, -0.25) is 0 Å². The summed E-state index contributed by atoms with van der Waals surface area (Å²) < 4.78 is 27.2. The van der Waals surface area contributed by atoms with E-state index in [9.17, 15) is 8.42 Å². The standard InChI is InChI=1S/C9H23N3O2S.ClH/c1-6-10-9(4)7-11-15(13,14)12(5)8(2)3;/h8-11H,6-7H2,1-5H3;1H/t9-;/m1./s1. The van der Waals surface area contributed by atoms with Gasteiger partial charge in [-0.25, -0.2) is 4.72 Å². The van der Waals surface area contributed by atoms with Gasteiger partial charge in [0.15, 0.2) is 0 Å². The third kappa shape index (κ3) is 6.65. The Hall–Kier alpha value is 0.120. The fourth-order valence-electron chi connectivity index (χ4n) is 1.03. The summed E-state index contributed by atoms with van der Waals surface area (Å²) in [4.78, 5) is 0. The van der Waals surface area contributed by atoms with Crippen molar-refractivity contribution in [3.63, 3.8) is 0 Å². The first-order valence-electron chi connectivity index (χ1n) is 5.27. The van der Waals surface area contributed by atoms with Crippen LogP contribution in [-0.4, -0.2) is 44.9 Å². The lowest BCUT2D eigenvalue weighted by Crippen LogP contribution is -2.46. The van der Waals surface area contributed by atoms with Gasteiger partial charge in [0.1, 0.15) is 0 Å². The predicted octanol–water partition coefficient (Wildman–Crippen LogP) is 0.581. The van der Waals surface area contributed by atoms with Gasteiger partial charge < -0.3 is 5.32 Å². The van der Waals surface area contributed by atoms with Crippen LogP contribution in [0.15, 0.2) is 0 Å². The van der Waals surface area contributed by atoms with Gasteiger partial charge in [0.2, 0.25) is 0 Å². The Kier molecular flexibility index (Phi) is 9.53. The number of nitrogens with one attached hydrogen (secondary N) is 2. The highest BCUT2D eigenvalue weighted by Gasteiger charge is 2.20. The molecule has 5 nitrogen and oxygen atoms in total. The third-order valence-corrected chi connectivity index (χ3v) is 3.94. The average molecular weight is 274 g/mol. The fraction of sp³-hybridized carbons (Fsp3) is 1.00. The molecule has 0 saturated carbocycles. The first kappa shape index (κ1) is 18.5. The quantitative estimate of drug-likeness (QED) is 0.713. The van der Waals surface area contributed by atoms with Crippen LogP contribution < -0.4 is 10.0 Å². The van der Waals surface area contributed by atoms with Gasteiger partial charge in [0.05, 0.1) is 0 Å². The van der Waals surface area contributed by atoms with Crippen LogP contribution >= 0.6 is 12.4 Å². The van der Waals surface area contributed by atoms with Crippen molar-refractivity contribution in [1.29, 1.82) is 0 Å². The molecule has 1 atom stereocenters. The highest BCUT2D eigenvalue weighted by Crippen LogP contribution is 2.00. The van der Waals surface area contributed by atoms with Crippen LogP contribution in [0.4, 0.5) is 0 Å². The summed E-state index contributed by atoms with van der Waals surface area (Å²) in [5.41, 5.74) is 0. The largest absolute Gasteiger partial charge is 0.313 e. The van der Waals surface area contributed by atoms with Gasteiger partial charge >= 0.3 is 0 Å². The van der Waals surface area contributed by atoms with Crippen LogP contribution in [0.1, 0.15) is 27.7 Å². The van der Waals surface area contributed by atoms with E-state index in [4.69, 9.17) is 0 Å². The molecular weight excluding hydrogens is 250 g/mol. The Labute approximate surface area is 106 Å². The van der Waals surface area contributed by atoms with E-state index in [0.717, 1.165) is 6.54 Å². The van der Waals surface area contributed by atoms with Crippen molar-refractivity contribution < 1.29 is 8.42 Å². The Morgan fingerprint density at radius 1 is 1.25 bits per heavy atom. The number of hydrogen-bond acceptors (Lipinski definition) is 3. The molecule has 100 valence electrons. The molecule has 0 aliphatic carbocycles. The first-order valence-corrected chi connectivity index (χ1v) is 6.71. The van der Waals surface area contributed by atoms with E-state index in [1.807, 2.05) is 27.7 Å². The zero-order valence-corrected chi connectivity index (χ0v) is 12.3. The maximum absolute atomic E-state index is 11.7. The molecule has 0 aromatic rings. The van der Waals surface area contributed by atoms with E-state index in [2.05, 4.69) is 10.0 Å². The Bertz CT molecular complexity index is 270. The van der Waals surface area contributed by atoms with Crippen LogP contribution in [-0.2, 0) is 10.2 Å². The molecule has 0 spiro atoms. The zero-order chi connectivity index (χ0) is 12.1. The van der Waals surface area contributed by atoms with Gasteiger partial charge in [-0.05, 0) is 27.3 Å². The van der Waals surface area contributed by atoms with Gasteiger partial charge in [0, 0.05) is 25.7 Å². The highest BCUT2D eigenvalue weighted by molar-refractivity contribution is 7.87. The summed E-state index contributed by atoms with van der Waals surface area (Å²) in [6, 6.07) is 0.113. The normalized spacial score (nSPS) is 13.9. The maximum Gasteiger partial charge on any atom is 0.279 e. The van der Waals surface area contributed by atoms with E-state index < -0.39 is 10.2 Å². The van der Waals surface area contributed by atoms with E-state index >= 15 is 0 Å². The summed E-state index contributed by atoms with van der Waals surface area (Å²) in [7, 11) is -1.76. The van der Waals surface area contributed by atoms with E-state index in [0.29, 0.717) is 6.54 Å². The van der Waals surface area contributed by atoms with Gasteiger partial charge in [0.25, 0.3) is 10.2 Å². The number of likely N-dealkylation sites (N-methyl/N-ethyl adjacent to an activating group) is 1. The van der Waals surface area contributed by atoms with Crippen LogP contribution in [0, 0.1) is 0 Å². The van der Waals surface area contributed by atoms with E-state index in [1.165, 1.54) is 4.31 Å². The Balaban J connectivity index is 0. The molecule has 0 aliphatic heterocycles. The predicted molar refractivity (Wildman–Crippen MR) is 70.2 cm³/mol. The fourth-order valence-corrected chi connectivity index (χ4v) is 2.25. The lowest BCUT2D eigenvalue weighted by Gasteiger charge is -2.22. The van der Waals surface area contributed by atoms with Crippen molar-refractivity contribution in [2.45, 2.75) is 39.8 Å². The SMILES string of the molecule is CCN[C@H](C)CNS(=O)(=O)N(C)C(C)C.Cl. The summed E-state index contributed by atoms with van der Waals surface area (Å²) in [5, 5.41) is 3.14. The minimum atomic E-state index is -3.33. The molecule has 0 rings (SSSR count). The number of nitrogens with zero attached hydrogens (tertiary/aromatic N) is 1. The molecule has 16 heavy (non-hydrogen) atoms. The van der Waals surface area contributed by atoms with Crippen molar-refractivity contribution in [3.05, 3.63) is 0 Å². The van der Waals surface area contributed by atoms with E-state index in [-0.39, 0.29) is 24.5 Å². The lowest BCUT2D eigenvalue weighted by molar-refractivity contribution is 0.399. The minimum Gasteiger partial charge on any atom is -0.313 e. The van der Waals surface area contributed by atoms with Gasteiger partial charge in [-0.15, -0.1) is 12.4 Å². The van der Waals surface area contributed by atoms with Crippen LogP contribution in [0.5, 0.6) is 0 Å². The Morgan fingerprint density at radius 2 is 1.75 bits per heavy atom. The highest BCUT2D eigenvalue weighted by atomic mass is 35.5. The van der Waals surface area contributed by atoms with Crippen molar-refractivity contribution in [2.75, 3.05) is 20.1 Å². The van der Waals surface area contributed by atoms with Gasteiger partial charge in [-0.2, -0.15) is 12.7 Å². The second kappa shape index (κ2) is 8.25.